The minimum absolute atomic E-state index is 0.0388. The number of nitrogens with zero attached hydrogens (tertiary/aromatic N) is 1. The van der Waals surface area contributed by atoms with Crippen molar-refractivity contribution < 1.29 is 23.9 Å². The number of rotatable bonds is 9. The SMILES string of the molecule is CNC(=O)[C@@H](NC(=O)[C@@H]1CN(C(=O)OCC2c3ccccc3-c3ccccc32)CC12CNC2)[C@@H](C)OCc1ccccc1. The van der Waals surface area contributed by atoms with Gasteiger partial charge in [0.1, 0.15) is 12.6 Å². The van der Waals surface area contributed by atoms with Crippen molar-refractivity contribution in [2.75, 3.05) is 39.8 Å². The van der Waals surface area contributed by atoms with Gasteiger partial charge in [-0.1, -0.05) is 78.9 Å². The van der Waals surface area contributed by atoms with E-state index in [9.17, 15) is 14.4 Å². The van der Waals surface area contributed by atoms with Crippen LogP contribution in [0.25, 0.3) is 11.1 Å². The maximum Gasteiger partial charge on any atom is 0.409 e. The highest BCUT2D eigenvalue weighted by Crippen LogP contribution is 2.45. The molecule has 3 aliphatic rings. The van der Waals surface area contributed by atoms with Gasteiger partial charge in [-0.2, -0.15) is 0 Å². The Morgan fingerprint density at radius 3 is 2.19 bits per heavy atom. The zero-order valence-corrected chi connectivity index (χ0v) is 24.5. The van der Waals surface area contributed by atoms with E-state index in [0.29, 0.717) is 26.2 Å². The molecule has 2 fully saturated rings. The molecule has 3 aromatic carbocycles. The summed E-state index contributed by atoms with van der Waals surface area (Å²) in [4.78, 5) is 41.6. The van der Waals surface area contributed by atoms with Crippen molar-refractivity contribution in [3.63, 3.8) is 0 Å². The third kappa shape index (κ3) is 5.62. The lowest BCUT2D eigenvalue weighted by atomic mass is 9.72. The van der Waals surface area contributed by atoms with Crippen LogP contribution in [0.3, 0.4) is 0 Å². The average molecular weight is 583 g/mol. The van der Waals surface area contributed by atoms with Crippen molar-refractivity contribution in [3.05, 3.63) is 95.6 Å². The van der Waals surface area contributed by atoms with Crippen LogP contribution in [-0.4, -0.2) is 74.8 Å². The number of amides is 3. The molecule has 9 nitrogen and oxygen atoms in total. The molecule has 2 aliphatic heterocycles. The van der Waals surface area contributed by atoms with Crippen LogP contribution in [0.1, 0.15) is 29.5 Å². The summed E-state index contributed by atoms with van der Waals surface area (Å²) in [6.45, 7) is 4.19. The third-order valence-electron chi connectivity index (χ3n) is 9.16. The molecule has 1 spiro atoms. The predicted octanol–water partition coefficient (Wildman–Crippen LogP) is 3.29. The molecule has 3 amide bonds. The molecule has 3 N–H and O–H groups in total. The molecule has 0 bridgehead atoms. The molecule has 1 aliphatic carbocycles. The van der Waals surface area contributed by atoms with Crippen molar-refractivity contribution in [1.29, 1.82) is 0 Å². The predicted molar refractivity (Wildman–Crippen MR) is 162 cm³/mol. The van der Waals surface area contributed by atoms with E-state index >= 15 is 0 Å². The van der Waals surface area contributed by atoms with Gasteiger partial charge in [-0.05, 0) is 34.7 Å². The van der Waals surface area contributed by atoms with Gasteiger partial charge in [0.25, 0.3) is 0 Å². The first kappa shape index (κ1) is 28.9. The normalized spacial score (nSPS) is 19.6. The fourth-order valence-electron chi connectivity index (χ4n) is 6.66. The smallest absolute Gasteiger partial charge is 0.409 e. The molecule has 9 heteroatoms. The Labute approximate surface area is 251 Å². The molecule has 3 atom stereocenters. The highest BCUT2D eigenvalue weighted by molar-refractivity contribution is 5.90. The topological polar surface area (TPSA) is 109 Å². The Morgan fingerprint density at radius 2 is 1.58 bits per heavy atom. The Balaban J connectivity index is 1.11. The van der Waals surface area contributed by atoms with Crippen LogP contribution in [0.15, 0.2) is 78.9 Å². The monoisotopic (exact) mass is 582 g/mol. The number of hydrogen-bond donors (Lipinski definition) is 3. The number of carbonyl (C=O) groups excluding carboxylic acids is 3. The van der Waals surface area contributed by atoms with Gasteiger partial charge in [0.05, 0.1) is 18.6 Å². The average Bonchev–Trinajstić information content (AvgIpc) is 3.59. The van der Waals surface area contributed by atoms with Crippen molar-refractivity contribution in [2.24, 2.45) is 11.3 Å². The number of likely N-dealkylation sites (N-methyl/N-ethyl adjacent to an activating group) is 1. The van der Waals surface area contributed by atoms with Gasteiger partial charge >= 0.3 is 6.09 Å². The Hall–Kier alpha value is -4.21. The van der Waals surface area contributed by atoms with Gasteiger partial charge in [0.2, 0.25) is 11.8 Å². The second kappa shape index (κ2) is 12.2. The maximum absolute atomic E-state index is 13.7. The molecule has 3 aromatic rings. The summed E-state index contributed by atoms with van der Waals surface area (Å²) in [7, 11) is 1.54. The van der Waals surface area contributed by atoms with Gasteiger partial charge in [-0.3, -0.25) is 9.59 Å². The van der Waals surface area contributed by atoms with E-state index in [4.69, 9.17) is 9.47 Å². The van der Waals surface area contributed by atoms with Crippen LogP contribution in [0.5, 0.6) is 0 Å². The molecule has 224 valence electrons. The summed E-state index contributed by atoms with van der Waals surface area (Å²) < 4.78 is 11.9. The molecule has 43 heavy (non-hydrogen) atoms. The summed E-state index contributed by atoms with van der Waals surface area (Å²) in [5.41, 5.74) is 5.22. The van der Waals surface area contributed by atoms with Gasteiger partial charge < -0.3 is 30.3 Å². The Bertz CT molecular complexity index is 1450. The minimum atomic E-state index is -0.880. The molecule has 0 unspecified atom stereocenters. The lowest BCUT2D eigenvalue weighted by Crippen LogP contribution is -2.62. The third-order valence-corrected chi connectivity index (χ3v) is 9.16. The van der Waals surface area contributed by atoms with Crippen LogP contribution < -0.4 is 16.0 Å². The molecular formula is C34H38N4O5. The largest absolute Gasteiger partial charge is 0.448 e. The quantitative estimate of drug-likeness (QED) is 0.357. The summed E-state index contributed by atoms with van der Waals surface area (Å²) in [6, 6.07) is 25.3. The zero-order chi connectivity index (χ0) is 30.0. The van der Waals surface area contributed by atoms with Crippen LogP contribution in [-0.2, 0) is 25.7 Å². The van der Waals surface area contributed by atoms with Crippen molar-refractivity contribution in [3.8, 4) is 11.1 Å². The summed E-state index contributed by atoms with van der Waals surface area (Å²) >= 11 is 0. The van der Waals surface area contributed by atoms with E-state index in [1.54, 1.807) is 11.8 Å². The molecular weight excluding hydrogens is 544 g/mol. The van der Waals surface area contributed by atoms with Crippen LogP contribution in [0.2, 0.25) is 0 Å². The number of fused-ring (bicyclic) bond motifs is 3. The molecule has 2 heterocycles. The molecule has 0 saturated carbocycles. The summed E-state index contributed by atoms with van der Waals surface area (Å²) in [5.74, 6) is -1.12. The van der Waals surface area contributed by atoms with E-state index in [-0.39, 0.29) is 30.9 Å². The molecule has 2 saturated heterocycles. The maximum atomic E-state index is 13.7. The van der Waals surface area contributed by atoms with Gasteiger partial charge in [-0.15, -0.1) is 0 Å². The fraction of sp³-hybridized carbons (Fsp3) is 0.382. The first-order chi connectivity index (χ1) is 20.9. The lowest BCUT2D eigenvalue weighted by Gasteiger charge is -2.43. The highest BCUT2D eigenvalue weighted by Gasteiger charge is 2.55. The fourth-order valence-corrected chi connectivity index (χ4v) is 6.66. The number of ether oxygens (including phenoxy) is 2. The summed E-state index contributed by atoms with van der Waals surface area (Å²) in [6.07, 6.45) is -0.995. The van der Waals surface area contributed by atoms with Crippen LogP contribution in [0.4, 0.5) is 4.79 Å². The number of nitrogens with one attached hydrogen (secondary N) is 3. The highest BCUT2D eigenvalue weighted by atomic mass is 16.6. The number of likely N-dealkylation sites (tertiary alicyclic amines) is 1. The zero-order valence-electron chi connectivity index (χ0n) is 24.5. The van der Waals surface area contributed by atoms with Gasteiger partial charge in [-0.25, -0.2) is 4.79 Å². The first-order valence-corrected chi connectivity index (χ1v) is 14.9. The first-order valence-electron chi connectivity index (χ1n) is 14.9. The second-order valence-corrected chi connectivity index (χ2v) is 11.8. The number of carbonyl (C=O) groups is 3. The second-order valence-electron chi connectivity index (χ2n) is 11.8. The van der Waals surface area contributed by atoms with E-state index in [1.165, 1.54) is 18.2 Å². The molecule has 6 rings (SSSR count). The summed E-state index contributed by atoms with van der Waals surface area (Å²) in [5, 5.41) is 8.86. The standard InChI is InChI=1S/C34H38N4O5/c1-22(42-17-23-10-4-3-5-11-23)30(32(40)35-2)37-31(39)29-16-38(21-34(29)19-36-20-34)33(41)43-18-28-26-14-8-6-12-24(26)25-13-7-9-15-27(25)28/h3-15,22,28-30,36H,16-21H2,1-2H3,(H,35,40)(H,37,39)/t22-,29+,30+/m1/s1. The lowest BCUT2D eigenvalue weighted by molar-refractivity contribution is -0.137. The van der Waals surface area contributed by atoms with Gasteiger partial charge in [0, 0.05) is 44.6 Å². The molecule has 0 aromatic heterocycles. The minimum Gasteiger partial charge on any atom is -0.448 e. The number of benzene rings is 3. The van der Waals surface area contributed by atoms with Crippen LogP contribution >= 0.6 is 0 Å². The van der Waals surface area contributed by atoms with E-state index in [1.807, 2.05) is 54.6 Å². The Kier molecular flexibility index (Phi) is 8.19. The van der Waals surface area contributed by atoms with E-state index in [0.717, 1.165) is 16.7 Å². The van der Waals surface area contributed by atoms with E-state index < -0.39 is 29.6 Å². The van der Waals surface area contributed by atoms with Crippen molar-refractivity contribution in [1.82, 2.24) is 20.9 Å². The molecule has 0 radical (unpaired) electrons. The Morgan fingerprint density at radius 1 is 0.953 bits per heavy atom. The number of hydrogen-bond acceptors (Lipinski definition) is 6. The van der Waals surface area contributed by atoms with Crippen molar-refractivity contribution >= 4 is 17.9 Å². The van der Waals surface area contributed by atoms with Crippen molar-refractivity contribution in [2.45, 2.75) is 31.6 Å². The van der Waals surface area contributed by atoms with E-state index in [2.05, 4.69) is 40.2 Å². The van der Waals surface area contributed by atoms with Gasteiger partial charge in [0.15, 0.2) is 0 Å². The van der Waals surface area contributed by atoms with Crippen LogP contribution in [0, 0.1) is 11.3 Å².